The van der Waals surface area contributed by atoms with Crippen molar-refractivity contribution >= 4 is 23.6 Å². The number of hydrogen-bond acceptors (Lipinski definition) is 43. The number of unbranched alkanes of at least 4 members (excludes halogenated alkanes) is 28. The van der Waals surface area contributed by atoms with E-state index in [0.29, 0.717) is 12.8 Å². The van der Waals surface area contributed by atoms with Gasteiger partial charge in [0.2, 0.25) is 23.6 Å². The Morgan fingerprint density at radius 1 is 0.273 bits per heavy atom. The van der Waals surface area contributed by atoms with Gasteiger partial charge in [-0.25, -0.2) is 0 Å². The van der Waals surface area contributed by atoms with E-state index in [1.54, 1.807) is 6.08 Å². The molecule has 0 aliphatic carbocycles. The highest BCUT2D eigenvalue weighted by atomic mass is 16.8. The molecule has 832 valence electrons. The van der Waals surface area contributed by atoms with Gasteiger partial charge in [0.15, 0.2) is 50.3 Å². The Morgan fingerprint density at radius 3 is 0.832 bits per heavy atom. The molecule has 47 heteroatoms. The predicted molar refractivity (Wildman–Crippen MR) is 498 cm³/mol. The van der Waals surface area contributed by atoms with Crippen LogP contribution in [0.5, 0.6) is 0 Å². The largest absolute Gasteiger partial charge is 0.394 e. The van der Waals surface area contributed by atoms with E-state index in [-0.39, 0.29) is 12.3 Å². The summed E-state index contributed by atoms with van der Waals surface area (Å²) in [6.07, 6.45) is -31.9. The highest BCUT2D eigenvalue weighted by Crippen LogP contribution is 2.41. The summed E-state index contributed by atoms with van der Waals surface area (Å²) < 4.78 is 95.1. The molecule has 0 aromatic rings. The van der Waals surface area contributed by atoms with Gasteiger partial charge < -0.3 is 215 Å². The number of hydrogen-bond donors (Lipinski definition) is 27. The molecule has 8 fully saturated rings. The average molecular weight is 2070 g/mol. The Morgan fingerprint density at radius 2 is 0.524 bits per heavy atom. The molecule has 8 saturated heterocycles. The van der Waals surface area contributed by atoms with Crippen LogP contribution in [0.3, 0.4) is 0 Å². The van der Waals surface area contributed by atoms with E-state index in [2.05, 4.69) is 47.3 Å². The maximum Gasteiger partial charge on any atom is 0.220 e. The zero-order valence-corrected chi connectivity index (χ0v) is 83.0. The number of amides is 4. The van der Waals surface area contributed by atoms with Gasteiger partial charge in [-0.2, -0.15) is 0 Å². The number of nitrogens with one attached hydrogen (secondary N) is 4. The fourth-order valence-corrected chi connectivity index (χ4v) is 19.2. The Kier molecular flexibility index (Phi) is 56.6. The van der Waals surface area contributed by atoms with E-state index < -0.39 is 335 Å². The molecule has 8 heterocycles. The fraction of sp³-hybridized carbons (Fsp3) is 0.917. The van der Waals surface area contributed by atoms with Gasteiger partial charge in [-0.05, 0) is 44.9 Å². The lowest BCUT2D eigenvalue weighted by molar-refractivity contribution is -0.389. The van der Waals surface area contributed by atoms with Crippen molar-refractivity contribution in [1.29, 1.82) is 0 Å². The van der Waals surface area contributed by atoms with Crippen molar-refractivity contribution in [3.8, 4) is 0 Å². The number of aliphatic hydroxyl groups is 23. The van der Waals surface area contributed by atoms with Crippen molar-refractivity contribution in [3.05, 3.63) is 24.3 Å². The van der Waals surface area contributed by atoms with Crippen LogP contribution >= 0.6 is 0 Å². The molecule has 8 aliphatic heterocycles. The zero-order valence-electron chi connectivity index (χ0n) is 83.0. The third-order valence-electron chi connectivity index (χ3n) is 27.5. The molecule has 8 rings (SSSR count). The first-order valence-electron chi connectivity index (χ1n) is 51.6. The van der Waals surface area contributed by atoms with Gasteiger partial charge in [0.1, 0.15) is 195 Å². The zero-order chi connectivity index (χ0) is 105. The smallest absolute Gasteiger partial charge is 0.220 e. The van der Waals surface area contributed by atoms with Crippen molar-refractivity contribution in [3.63, 3.8) is 0 Å². The minimum atomic E-state index is -2.35. The molecule has 42 atom stereocenters. The van der Waals surface area contributed by atoms with Crippen molar-refractivity contribution in [2.24, 2.45) is 0 Å². The molecular weight excluding hydrogens is 1900 g/mol. The average Bonchev–Trinajstić information content (AvgIpc) is 0.712. The molecule has 0 aromatic carbocycles. The van der Waals surface area contributed by atoms with Crippen LogP contribution < -0.4 is 21.3 Å². The molecule has 27 N–H and O–H groups in total. The quantitative estimate of drug-likeness (QED) is 0.0202. The van der Waals surface area contributed by atoms with Gasteiger partial charge in [-0.3, -0.25) is 19.2 Å². The van der Waals surface area contributed by atoms with Crippen molar-refractivity contribution in [2.45, 2.75) is 498 Å². The van der Waals surface area contributed by atoms with E-state index in [9.17, 15) is 137 Å². The third-order valence-corrected chi connectivity index (χ3v) is 27.5. The minimum absolute atomic E-state index is 0.149. The van der Waals surface area contributed by atoms with Crippen LogP contribution in [0.25, 0.3) is 0 Å². The summed E-state index contributed by atoms with van der Waals surface area (Å²) in [4.78, 5) is 52.6. The summed E-state index contributed by atoms with van der Waals surface area (Å²) in [6.45, 7) is -1.58. The Bertz CT molecular complexity index is 3560. The van der Waals surface area contributed by atoms with Crippen molar-refractivity contribution in [2.75, 3.05) is 59.5 Å². The maximum absolute atomic E-state index is 13.7. The van der Waals surface area contributed by atoms with Crippen LogP contribution in [0, 0.1) is 0 Å². The SMILES string of the molecule is CCCCCCCC/C=C\CCCCCCCCCCCCCC(=O)N[C@@H](CO[C@@H]1OC(CO)[C@@H](O[C@@H]2OC(CO)[C@H](O)[C@H](O[C@@H]3OC(CO)[C@@H](O[C@@H]4OC(CO)[C@H](O)[C@H](O[C@@H]5OC(CO)[C@@H](O[C@@H]6OC(CO)[C@H](O)[C@H](O[C@@H]7OC(CO)[C@@H](O[C@@H]8OC(CO)[C@H](O)[C@H](O)C8O)[C@H](O)C7NC(C)=O)C6O)[C@H](O)C5NC(C)=O)C4O)[C@H](O)C3NC(C)=O)C2O)[C@H](O)C1O)[C@H](O)/C=C/CCCCCCCCCCCCC. The Balaban J connectivity index is 0.886. The molecule has 8 aliphatic rings. The topological polar surface area (TPSA) is 729 Å². The highest BCUT2D eigenvalue weighted by Gasteiger charge is 2.61. The summed E-state index contributed by atoms with van der Waals surface area (Å²) in [5.41, 5.74) is 0. The molecule has 47 nitrogen and oxygen atoms in total. The van der Waals surface area contributed by atoms with Crippen molar-refractivity contribution < 1.29 is 212 Å². The third kappa shape index (κ3) is 36.8. The van der Waals surface area contributed by atoms with Crippen LogP contribution in [0.1, 0.15) is 240 Å². The summed E-state index contributed by atoms with van der Waals surface area (Å²) >= 11 is 0. The van der Waals surface area contributed by atoms with Gasteiger partial charge >= 0.3 is 0 Å². The van der Waals surface area contributed by atoms with Gasteiger partial charge in [0.05, 0.1) is 71.6 Å². The van der Waals surface area contributed by atoms with Crippen LogP contribution in [0.4, 0.5) is 0 Å². The summed E-state index contributed by atoms with van der Waals surface area (Å²) in [5.74, 6) is -3.08. The first kappa shape index (κ1) is 124. The number of carbonyl (C=O) groups is 4. The first-order valence-corrected chi connectivity index (χ1v) is 51.6. The van der Waals surface area contributed by atoms with Crippen molar-refractivity contribution in [1.82, 2.24) is 21.3 Å². The van der Waals surface area contributed by atoms with Gasteiger partial charge in [0, 0.05) is 27.2 Å². The molecule has 143 heavy (non-hydrogen) atoms. The van der Waals surface area contributed by atoms with E-state index in [1.807, 2.05) is 6.08 Å². The highest BCUT2D eigenvalue weighted by molar-refractivity contribution is 5.76. The standard InChI is InChI=1S/C96H170N4O43/c1-6-8-10-12-14-16-18-20-21-22-23-24-25-26-27-29-31-33-35-37-39-41-64(113)100-54(55(112)40-38-36-34-32-30-28-19-17-15-13-11-9-7-2)50-128-92-78(124)76(122)85(63(49-108)136-92)140-96-81(127)88(71(117)59(45-104)132-96)143-91-67(99-53(5)111)74(120)84(62(48-107)135-91)139-95-80(126)87(70(116)58(44-103)131-95)142-90-66(98-52(4)110)73(119)83(61(47-106)134-90)138-94-79(125)86(69(115)57(43-102)130-94)141-89-65(97-51(3)109)72(118)82(60(46-105)133-89)137-93-77(123)75(121)68(114)56(42-101)129-93/h20-21,38,40,54-63,65-96,101-108,112,114-127H,6-19,22-37,39,41-50H2,1-5H3,(H,97,109)(H,98,110)(H,99,111)(H,100,113)/b21-20-,40-38+/t54-,55+,56?,57?,58?,59?,60?,61?,62?,63?,65?,66?,67?,68-,69-,70-,71-,72+,73+,74+,75-,76+,77?,78?,79?,80?,81?,82+,83+,84+,85+,86-,87-,88-,89-,90-,91-,92+,93-,94-,95-,96-/m0/s1. The molecule has 16 unspecified atom stereocenters. The molecule has 0 bridgehead atoms. The Hall–Kier alpha value is -4.20. The minimum Gasteiger partial charge on any atom is -0.394 e. The van der Waals surface area contributed by atoms with Crippen LogP contribution in [0.2, 0.25) is 0 Å². The summed E-state index contributed by atoms with van der Waals surface area (Å²) in [6, 6.07) is -6.75. The molecule has 4 amide bonds. The predicted octanol–water partition coefficient (Wildman–Crippen LogP) is -4.52. The lowest BCUT2D eigenvalue weighted by atomic mass is 9.93. The first-order chi connectivity index (χ1) is 68.7. The van der Waals surface area contributed by atoms with E-state index >= 15 is 0 Å². The lowest BCUT2D eigenvalue weighted by Gasteiger charge is -2.51. The molecule has 0 spiro atoms. The molecule has 0 radical (unpaired) electrons. The van der Waals surface area contributed by atoms with Crippen LogP contribution in [0.15, 0.2) is 24.3 Å². The fourth-order valence-electron chi connectivity index (χ4n) is 19.2. The molecule has 0 aromatic heterocycles. The second-order valence-electron chi connectivity index (χ2n) is 38.8. The normalized spacial score (nSPS) is 38.2. The molecule has 0 saturated carbocycles. The Labute approximate surface area is 835 Å². The number of carbonyl (C=O) groups excluding carboxylic acids is 4. The number of aliphatic hydroxyl groups excluding tert-OH is 23. The maximum atomic E-state index is 13.7. The van der Waals surface area contributed by atoms with Gasteiger partial charge in [-0.15, -0.1) is 0 Å². The number of rotatable bonds is 64. The summed E-state index contributed by atoms with van der Waals surface area (Å²) in [5, 5.41) is 270. The second kappa shape index (κ2) is 65.3. The monoisotopic (exact) mass is 2070 g/mol. The van der Waals surface area contributed by atoms with E-state index in [1.165, 1.54) is 122 Å². The van der Waals surface area contributed by atoms with Crippen LogP contribution in [-0.2, 0) is 95.0 Å². The molecular formula is C96H170N4O43. The number of ether oxygens (including phenoxy) is 16. The van der Waals surface area contributed by atoms with E-state index in [0.717, 1.165) is 85.0 Å². The lowest BCUT2D eigenvalue weighted by Crippen LogP contribution is -2.71. The van der Waals surface area contributed by atoms with Gasteiger partial charge in [0.25, 0.3) is 0 Å². The second-order valence-corrected chi connectivity index (χ2v) is 38.8. The van der Waals surface area contributed by atoms with E-state index in [4.69, 9.17) is 75.8 Å². The summed E-state index contributed by atoms with van der Waals surface area (Å²) in [7, 11) is 0. The number of allylic oxidation sites excluding steroid dienone is 3. The van der Waals surface area contributed by atoms with Gasteiger partial charge in [-0.1, -0.05) is 192 Å². The van der Waals surface area contributed by atoms with Crippen LogP contribution in [-0.4, -0.2) is 458 Å².